The highest BCUT2D eigenvalue weighted by atomic mass is 16.5. The Kier molecular flexibility index (Phi) is 9.63. The van der Waals surface area contributed by atoms with Gasteiger partial charge in [-0.3, -0.25) is 4.79 Å². The molecule has 1 saturated carbocycles. The first-order valence-electron chi connectivity index (χ1n) is 9.66. The Labute approximate surface area is 157 Å². The summed E-state index contributed by atoms with van der Waals surface area (Å²) in [5, 5.41) is 17.7. The van der Waals surface area contributed by atoms with Crippen molar-refractivity contribution in [3.8, 4) is 0 Å². The van der Waals surface area contributed by atoms with Crippen LogP contribution in [0.1, 0.15) is 65.7 Å². The molecule has 2 atom stereocenters. The summed E-state index contributed by atoms with van der Waals surface area (Å²) in [6.07, 6.45) is 11.2. The Balaban J connectivity index is 2.42. The van der Waals surface area contributed by atoms with Crippen LogP contribution in [0.2, 0.25) is 0 Å². The molecule has 0 radical (unpaired) electrons. The smallest absolute Gasteiger partial charge is 0.370 e. The van der Waals surface area contributed by atoms with Crippen molar-refractivity contribution in [2.45, 2.75) is 65.7 Å². The number of carboxylic acids is 1. The molecule has 0 heterocycles. The summed E-state index contributed by atoms with van der Waals surface area (Å²) in [6.45, 7) is 7.83. The van der Waals surface area contributed by atoms with Gasteiger partial charge in [-0.1, -0.05) is 32.4 Å². The van der Waals surface area contributed by atoms with Crippen molar-refractivity contribution in [3.05, 3.63) is 24.0 Å². The van der Waals surface area contributed by atoms with E-state index < -0.39 is 11.7 Å². The van der Waals surface area contributed by atoms with Crippen LogP contribution in [-0.4, -0.2) is 35.2 Å². The number of allylic oxidation sites excluding steroid dienone is 3. The molecule has 0 aromatic heterocycles. The number of ether oxygens (including phenoxy) is 1. The van der Waals surface area contributed by atoms with E-state index in [-0.39, 0.29) is 11.3 Å². The Morgan fingerprint density at radius 3 is 2.69 bits per heavy atom. The lowest BCUT2D eigenvalue weighted by Gasteiger charge is -2.22. The fraction of sp³-hybridized carbons (Fsp3) is 0.714. The average molecular weight is 366 g/mol. The van der Waals surface area contributed by atoms with Gasteiger partial charge >= 0.3 is 5.97 Å². The molecule has 1 aliphatic rings. The molecule has 0 aliphatic heterocycles. The normalized spacial score (nSPS) is 21.7. The molecule has 0 aromatic carbocycles. The zero-order chi connectivity index (χ0) is 19.6. The van der Waals surface area contributed by atoms with Crippen LogP contribution in [0.4, 0.5) is 0 Å². The molecule has 0 spiro atoms. The predicted octanol–water partition coefficient (Wildman–Crippen LogP) is 4.68. The zero-order valence-corrected chi connectivity index (χ0v) is 16.4. The topological polar surface area (TPSA) is 83.8 Å². The van der Waals surface area contributed by atoms with Gasteiger partial charge in [0.25, 0.3) is 0 Å². The number of aliphatic hydroxyl groups is 1. The summed E-state index contributed by atoms with van der Waals surface area (Å²) in [5.74, 6) is -1.16. The number of ketones is 1. The Morgan fingerprint density at radius 2 is 2.04 bits per heavy atom. The monoisotopic (exact) mass is 366 g/mol. The molecule has 2 N–H and O–H groups in total. The van der Waals surface area contributed by atoms with Crippen LogP contribution in [0.5, 0.6) is 0 Å². The highest BCUT2D eigenvalue weighted by molar-refractivity contribution is 5.84. The summed E-state index contributed by atoms with van der Waals surface area (Å²) in [6, 6.07) is 0. The van der Waals surface area contributed by atoms with Crippen molar-refractivity contribution in [3.63, 3.8) is 0 Å². The first-order valence-corrected chi connectivity index (χ1v) is 9.66. The van der Waals surface area contributed by atoms with Crippen molar-refractivity contribution in [1.29, 1.82) is 0 Å². The largest absolute Gasteiger partial charge is 0.502 e. The number of aliphatic hydroxyl groups excluding tert-OH is 1. The van der Waals surface area contributed by atoms with Crippen LogP contribution >= 0.6 is 0 Å². The minimum absolute atomic E-state index is 0.0818. The zero-order valence-electron chi connectivity index (χ0n) is 16.4. The van der Waals surface area contributed by atoms with E-state index >= 15 is 0 Å². The molecule has 0 unspecified atom stereocenters. The highest BCUT2D eigenvalue weighted by Crippen LogP contribution is 2.34. The van der Waals surface area contributed by atoms with Gasteiger partial charge in [-0.05, 0) is 56.4 Å². The molecule has 26 heavy (non-hydrogen) atoms. The lowest BCUT2D eigenvalue weighted by atomic mass is 9.87. The number of carboxylic acid groups (broad SMARTS) is 1. The number of unbranched alkanes of at least 4 members (excludes halogenated alkanes) is 2. The highest BCUT2D eigenvalue weighted by Gasteiger charge is 2.32. The van der Waals surface area contributed by atoms with Crippen molar-refractivity contribution >= 4 is 11.8 Å². The number of carbonyl (C=O) groups is 2. The minimum Gasteiger partial charge on any atom is -0.502 e. The first kappa shape index (κ1) is 22.4. The number of rotatable bonds is 12. The van der Waals surface area contributed by atoms with E-state index in [1.54, 1.807) is 0 Å². The van der Waals surface area contributed by atoms with Crippen molar-refractivity contribution in [2.24, 2.45) is 17.3 Å². The third kappa shape index (κ3) is 8.17. The van der Waals surface area contributed by atoms with E-state index in [2.05, 4.69) is 26.0 Å². The van der Waals surface area contributed by atoms with Crippen molar-refractivity contribution in [1.82, 2.24) is 0 Å². The van der Waals surface area contributed by atoms with E-state index in [4.69, 9.17) is 14.9 Å². The van der Waals surface area contributed by atoms with E-state index in [9.17, 15) is 9.59 Å². The second-order valence-corrected chi connectivity index (χ2v) is 7.89. The Morgan fingerprint density at radius 1 is 1.31 bits per heavy atom. The van der Waals surface area contributed by atoms with E-state index in [1.165, 1.54) is 6.08 Å². The molecule has 0 amide bonds. The number of hydrogen-bond acceptors (Lipinski definition) is 4. The molecular weight excluding hydrogens is 332 g/mol. The molecule has 0 aromatic rings. The molecule has 1 aliphatic carbocycles. The summed E-state index contributed by atoms with van der Waals surface area (Å²) in [7, 11) is 0. The Hall–Kier alpha value is -1.62. The van der Waals surface area contributed by atoms with Gasteiger partial charge in [0.15, 0.2) is 5.76 Å². The second kappa shape index (κ2) is 11.2. The lowest BCUT2D eigenvalue weighted by Crippen LogP contribution is -2.18. The number of hydrogen-bond donors (Lipinski definition) is 2. The maximum absolute atomic E-state index is 12.2. The molecular formula is C21H34O5. The summed E-state index contributed by atoms with van der Waals surface area (Å²) in [4.78, 5) is 22.7. The van der Waals surface area contributed by atoms with Gasteiger partial charge in [-0.2, -0.15) is 0 Å². The van der Waals surface area contributed by atoms with Crippen LogP contribution in [0.3, 0.4) is 0 Å². The maximum atomic E-state index is 12.2. The van der Waals surface area contributed by atoms with Gasteiger partial charge in [0.1, 0.15) is 5.78 Å². The first-order chi connectivity index (χ1) is 12.3. The molecule has 148 valence electrons. The Bertz CT molecular complexity index is 518. The van der Waals surface area contributed by atoms with Crippen LogP contribution in [0.25, 0.3) is 0 Å². The summed E-state index contributed by atoms with van der Waals surface area (Å²) in [5.41, 5.74) is 0.100. The van der Waals surface area contributed by atoms with Crippen LogP contribution in [0, 0.1) is 17.3 Å². The van der Waals surface area contributed by atoms with Gasteiger partial charge in [-0.25, -0.2) is 4.79 Å². The molecule has 0 bridgehead atoms. The fourth-order valence-electron chi connectivity index (χ4n) is 3.37. The number of aliphatic carboxylic acids is 1. The summed E-state index contributed by atoms with van der Waals surface area (Å²) < 4.78 is 5.52. The molecule has 0 saturated heterocycles. The summed E-state index contributed by atoms with van der Waals surface area (Å²) >= 11 is 0. The molecule has 5 heteroatoms. The molecule has 5 nitrogen and oxygen atoms in total. The van der Waals surface area contributed by atoms with Crippen LogP contribution in [0.15, 0.2) is 24.0 Å². The SMILES string of the molecule is CCOCC(C)(C)CC=C[C@H]1CCC(=O)[C@@H]1CCCCC=C(O)C(=O)O. The van der Waals surface area contributed by atoms with Gasteiger partial charge in [-0.15, -0.1) is 0 Å². The number of carbonyl (C=O) groups excluding carboxylic acids is 1. The van der Waals surface area contributed by atoms with Crippen LogP contribution < -0.4 is 0 Å². The van der Waals surface area contributed by atoms with Gasteiger partial charge in [0.05, 0.1) is 6.61 Å². The van der Waals surface area contributed by atoms with Crippen LogP contribution in [-0.2, 0) is 14.3 Å². The van der Waals surface area contributed by atoms with E-state index in [0.29, 0.717) is 24.5 Å². The number of Topliss-reactive ketones (excluding diaryl/α,β-unsaturated/α-hetero) is 1. The van der Waals surface area contributed by atoms with Gasteiger partial charge < -0.3 is 14.9 Å². The fourth-order valence-corrected chi connectivity index (χ4v) is 3.37. The molecule has 1 rings (SSSR count). The van der Waals surface area contributed by atoms with Gasteiger partial charge in [0.2, 0.25) is 0 Å². The third-order valence-electron chi connectivity index (χ3n) is 4.93. The quantitative estimate of drug-likeness (QED) is 0.227. The minimum atomic E-state index is -1.30. The van der Waals surface area contributed by atoms with Crippen molar-refractivity contribution < 1.29 is 24.5 Å². The van der Waals surface area contributed by atoms with Gasteiger partial charge in [0, 0.05) is 18.9 Å². The standard InChI is InChI=1S/C21H34O5/c1-4-26-15-21(2,3)14-8-9-16-12-13-18(22)17(16)10-6-5-7-11-19(23)20(24)25/h8-9,11,16-17,23H,4-7,10,12-15H2,1-3H3,(H,24,25)/t16-,17+/m0/s1. The molecule has 1 fully saturated rings. The second-order valence-electron chi connectivity index (χ2n) is 7.89. The predicted molar refractivity (Wildman–Crippen MR) is 102 cm³/mol. The van der Waals surface area contributed by atoms with E-state index in [0.717, 1.165) is 45.3 Å². The maximum Gasteiger partial charge on any atom is 0.370 e. The third-order valence-corrected chi connectivity index (χ3v) is 4.93. The van der Waals surface area contributed by atoms with E-state index in [1.807, 2.05) is 6.92 Å². The lowest BCUT2D eigenvalue weighted by molar-refractivity contribution is -0.135. The average Bonchev–Trinajstić information content (AvgIpc) is 2.92. The van der Waals surface area contributed by atoms with Crippen molar-refractivity contribution in [2.75, 3.05) is 13.2 Å².